The lowest BCUT2D eigenvalue weighted by Gasteiger charge is -2.05. The van der Waals surface area contributed by atoms with Crippen molar-refractivity contribution >= 4 is 11.8 Å². The summed E-state index contributed by atoms with van der Waals surface area (Å²) < 4.78 is 6.81. The second-order valence-electron chi connectivity index (χ2n) is 5.29. The number of ether oxygens (including phenoxy) is 1. The Bertz CT molecular complexity index is 542. The van der Waals surface area contributed by atoms with E-state index in [-0.39, 0.29) is 11.8 Å². The highest BCUT2D eigenvalue weighted by atomic mass is 16.5. The minimum Gasteiger partial charge on any atom is -0.461 e. The van der Waals surface area contributed by atoms with Gasteiger partial charge in [0, 0.05) is 24.3 Å². The minimum absolute atomic E-state index is 0.0399. The molecule has 1 heterocycles. The molecule has 1 aliphatic carbocycles. The van der Waals surface area contributed by atoms with E-state index in [0.29, 0.717) is 36.0 Å². The first-order chi connectivity index (χ1) is 9.47. The van der Waals surface area contributed by atoms with Gasteiger partial charge in [0.1, 0.15) is 5.69 Å². The van der Waals surface area contributed by atoms with Crippen LogP contribution >= 0.6 is 0 Å². The highest BCUT2D eigenvalue weighted by Crippen LogP contribution is 2.23. The first-order valence-corrected chi connectivity index (χ1v) is 7.06. The lowest BCUT2D eigenvalue weighted by molar-refractivity contribution is 0.0514. The molecule has 0 spiro atoms. The van der Waals surface area contributed by atoms with E-state index in [1.807, 2.05) is 13.8 Å². The van der Waals surface area contributed by atoms with Crippen molar-refractivity contribution in [2.24, 2.45) is 7.05 Å². The predicted octanol–water partition coefficient (Wildman–Crippen LogP) is 1.75. The molecule has 0 atom stereocenters. The molecular weight excluding hydrogens is 256 g/mol. The second kappa shape index (κ2) is 5.79. The molecule has 1 aliphatic rings. The van der Waals surface area contributed by atoms with Crippen molar-refractivity contribution in [3.8, 4) is 0 Å². The van der Waals surface area contributed by atoms with Crippen LogP contribution in [0.3, 0.4) is 0 Å². The van der Waals surface area contributed by atoms with E-state index >= 15 is 0 Å². The lowest BCUT2D eigenvalue weighted by atomic mass is 10.1. The number of aromatic nitrogens is 1. The van der Waals surface area contributed by atoms with Crippen molar-refractivity contribution in [2.45, 2.75) is 39.7 Å². The molecular formula is C15H22N2O3. The Labute approximate surface area is 119 Å². The molecule has 1 saturated carbocycles. The van der Waals surface area contributed by atoms with Gasteiger partial charge >= 0.3 is 5.97 Å². The number of Topliss-reactive ketones (excluding diaryl/α,β-unsaturated/α-hetero) is 1. The van der Waals surface area contributed by atoms with Gasteiger partial charge in [-0.1, -0.05) is 0 Å². The number of ketones is 1. The number of carbonyl (C=O) groups is 2. The van der Waals surface area contributed by atoms with Crippen LogP contribution in [0.25, 0.3) is 0 Å². The third-order valence-corrected chi connectivity index (χ3v) is 3.81. The number of esters is 1. The topological polar surface area (TPSA) is 60.3 Å². The van der Waals surface area contributed by atoms with Crippen molar-refractivity contribution in [3.63, 3.8) is 0 Å². The van der Waals surface area contributed by atoms with Crippen molar-refractivity contribution in [2.75, 3.05) is 13.2 Å². The molecule has 0 amide bonds. The predicted molar refractivity (Wildman–Crippen MR) is 76.2 cm³/mol. The van der Waals surface area contributed by atoms with E-state index in [2.05, 4.69) is 5.32 Å². The molecule has 0 unspecified atom stereocenters. The maximum Gasteiger partial charge on any atom is 0.355 e. The van der Waals surface area contributed by atoms with E-state index in [1.54, 1.807) is 18.5 Å². The molecule has 110 valence electrons. The molecule has 1 aromatic rings. The number of nitrogens with one attached hydrogen (secondary N) is 1. The van der Waals surface area contributed by atoms with Crippen molar-refractivity contribution < 1.29 is 14.3 Å². The smallest absolute Gasteiger partial charge is 0.355 e. The highest BCUT2D eigenvalue weighted by molar-refractivity contribution is 6.03. The number of hydrogen-bond acceptors (Lipinski definition) is 4. The summed E-state index contributed by atoms with van der Waals surface area (Å²) in [6.07, 6.45) is 2.29. The van der Waals surface area contributed by atoms with Crippen LogP contribution in [0.15, 0.2) is 0 Å². The van der Waals surface area contributed by atoms with Gasteiger partial charge in [0.2, 0.25) is 0 Å². The molecule has 0 bridgehead atoms. The van der Waals surface area contributed by atoms with Crippen LogP contribution in [0.2, 0.25) is 0 Å². The summed E-state index contributed by atoms with van der Waals surface area (Å²) in [4.78, 5) is 24.3. The van der Waals surface area contributed by atoms with Gasteiger partial charge in [-0.2, -0.15) is 0 Å². The second-order valence-corrected chi connectivity index (χ2v) is 5.29. The maximum atomic E-state index is 12.3. The molecule has 1 N–H and O–H groups in total. The zero-order valence-electron chi connectivity index (χ0n) is 12.6. The molecule has 0 aliphatic heterocycles. The van der Waals surface area contributed by atoms with Crippen molar-refractivity contribution in [3.05, 3.63) is 22.5 Å². The zero-order chi connectivity index (χ0) is 14.9. The van der Waals surface area contributed by atoms with E-state index in [4.69, 9.17) is 4.74 Å². The highest BCUT2D eigenvalue weighted by Gasteiger charge is 2.27. The van der Waals surface area contributed by atoms with Crippen LogP contribution in [-0.2, 0) is 11.8 Å². The summed E-state index contributed by atoms with van der Waals surface area (Å²) in [5.74, 6) is -0.331. The summed E-state index contributed by atoms with van der Waals surface area (Å²) in [6.45, 7) is 6.10. The monoisotopic (exact) mass is 278 g/mol. The fraction of sp³-hybridized carbons (Fsp3) is 0.600. The minimum atomic E-state index is -0.371. The van der Waals surface area contributed by atoms with Crippen LogP contribution in [-0.4, -0.2) is 35.5 Å². The zero-order valence-corrected chi connectivity index (χ0v) is 12.6. The van der Waals surface area contributed by atoms with Gasteiger partial charge < -0.3 is 14.6 Å². The Hall–Kier alpha value is -1.62. The van der Waals surface area contributed by atoms with Crippen LogP contribution in [0.5, 0.6) is 0 Å². The Morgan fingerprint density at radius 2 is 2.00 bits per heavy atom. The molecule has 0 aromatic carbocycles. The largest absolute Gasteiger partial charge is 0.461 e. The van der Waals surface area contributed by atoms with Crippen LogP contribution < -0.4 is 5.32 Å². The molecule has 1 aromatic heterocycles. The van der Waals surface area contributed by atoms with Gasteiger partial charge in [-0.15, -0.1) is 0 Å². The first kappa shape index (κ1) is 14.8. The SMILES string of the molecule is CCOC(=O)c1c(C)c(C(=O)CNC2CC2)c(C)n1C. The normalized spacial score (nSPS) is 14.4. The van der Waals surface area contributed by atoms with Gasteiger partial charge in [-0.3, -0.25) is 4.79 Å². The number of carbonyl (C=O) groups excluding carboxylic acids is 2. The Balaban J connectivity index is 2.26. The summed E-state index contributed by atoms with van der Waals surface area (Å²) in [6, 6.07) is 0.493. The summed E-state index contributed by atoms with van der Waals surface area (Å²) >= 11 is 0. The molecule has 5 nitrogen and oxygen atoms in total. The van der Waals surface area contributed by atoms with Crippen LogP contribution in [0.4, 0.5) is 0 Å². The van der Waals surface area contributed by atoms with E-state index in [9.17, 15) is 9.59 Å². The summed E-state index contributed by atoms with van der Waals surface area (Å²) in [5, 5.41) is 3.22. The average Bonchev–Trinajstić information content (AvgIpc) is 3.17. The molecule has 2 rings (SSSR count). The van der Waals surface area contributed by atoms with E-state index in [1.165, 1.54) is 0 Å². The third-order valence-electron chi connectivity index (χ3n) is 3.81. The van der Waals surface area contributed by atoms with E-state index < -0.39 is 0 Å². The molecule has 1 fully saturated rings. The van der Waals surface area contributed by atoms with E-state index in [0.717, 1.165) is 18.5 Å². The van der Waals surface area contributed by atoms with Gasteiger partial charge in [0.25, 0.3) is 0 Å². The van der Waals surface area contributed by atoms with Crippen molar-refractivity contribution in [1.82, 2.24) is 9.88 Å². The summed E-state index contributed by atoms with van der Waals surface area (Å²) in [5.41, 5.74) is 2.64. The molecule has 20 heavy (non-hydrogen) atoms. The molecule has 0 saturated heterocycles. The number of nitrogens with zero attached hydrogens (tertiary/aromatic N) is 1. The number of hydrogen-bond donors (Lipinski definition) is 1. The third kappa shape index (κ3) is 2.77. The van der Waals surface area contributed by atoms with Crippen LogP contribution in [0.1, 0.15) is 51.9 Å². The Morgan fingerprint density at radius 3 is 2.55 bits per heavy atom. The average molecular weight is 278 g/mol. The number of rotatable bonds is 6. The standard InChI is InChI=1S/C15H22N2O3/c1-5-20-15(19)14-9(2)13(10(3)17(14)4)12(18)8-16-11-6-7-11/h11,16H,5-8H2,1-4H3. The lowest BCUT2D eigenvalue weighted by Crippen LogP contribution is -2.25. The van der Waals surface area contributed by atoms with Gasteiger partial charge in [0.15, 0.2) is 5.78 Å². The fourth-order valence-corrected chi connectivity index (χ4v) is 2.49. The molecule has 0 radical (unpaired) electrons. The Kier molecular flexibility index (Phi) is 4.28. The van der Waals surface area contributed by atoms with Crippen molar-refractivity contribution in [1.29, 1.82) is 0 Å². The van der Waals surface area contributed by atoms with Crippen LogP contribution in [0, 0.1) is 13.8 Å². The maximum absolute atomic E-state index is 12.3. The summed E-state index contributed by atoms with van der Waals surface area (Å²) in [7, 11) is 1.79. The molecule has 5 heteroatoms. The van der Waals surface area contributed by atoms with Gasteiger partial charge in [-0.05, 0) is 39.2 Å². The fourth-order valence-electron chi connectivity index (χ4n) is 2.49. The van der Waals surface area contributed by atoms with Gasteiger partial charge in [-0.25, -0.2) is 4.79 Å². The van der Waals surface area contributed by atoms with Gasteiger partial charge in [0.05, 0.1) is 13.2 Å². The first-order valence-electron chi connectivity index (χ1n) is 7.06. The Morgan fingerprint density at radius 1 is 1.35 bits per heavy atom. The quantitative estimate of drug-likeness (QED) is 0.636.